The summed E-state index contributed by atoms with van der Waals surface area (Å²) in [6.45, 7) is 2.31. The first-order chi connectivity index (χ1) is 12.5. The molecule has 26 heavy (non-hydrogen) atoms. The molecule has 0 aliphatic carbocycles. The minimum atomic E-state index is -0.331. The van der Waals surface area contributed by atoms with Gasteiger partial charge >= 0.3 is 0 Å². The number of hydrogen-bond acceptors (Lipinski definition) is 4. The number of carbonyl (C=O) groups excluding carboxylic acids is 1. The van der Waals surface area contributed by atoms with Crippen LogP contribution in [0.1, 0.15) is 18.5 Å². The fraction of sp³-hybridized carbons (Fsp3) is 0.474. The Morgan fingerprint density at radius 1 is 1.42 bits per heavy atom. The summed E-state index contributed by atoms with van der Waals surface area (Å²) < 4.78 is 21.3. The monoisotopic (exact) mass is 360 g/mol. The van der Waals surface area contributed by atoms with Gasteiger partial charge in [0.25, 0.3) is 0 Å². The van der Waals surface area contributed by atoms with Crippen molar-refractivity contribution in [3.05, 3.63) is 41.8 Å². The van der Waals surface area contributed by atoms with Gasteiger partial charge in [0.05, 0.1) is 17.9 Å². The fourth-order valence-corrected chi connectivity index (χ4v) is 3.08. The fourth-order valence-electron chi connectivity index (χ4n) is 3.08. The smallest absolute Gasteiger partial charge is 0.249 e. The van der Waals surface area contributed by atoms with Crippen molar-refractivity contribution in [2.24, 2.45) is 0 Å². The summed E-state index contributed by atoms with van der Waals surface area (Å²) >= 11 is 0. The van der Waals surface area contributed by atoms with Crippen molar-refractivity contribution in [2.75, 3.05) is 27.2 Å². The molecule has 1 fully saturated rings. The Morgan fingerprint density at radius 2 is 2.23 bits per heavy atom. The van der Waals surface area contributed by atoms with E-state index < -0.39 is 0 Å². The van der Waals surface area contributed by atoms with Crippen molar-refractivity contribution in [1.29, 1.82) is 0 Å². The SMILES string of the molecule is CN(C)Cc1cc(-c2ccccc2F)nn1CCNC(=O)[C@H]1CCCO1. The van der Waals surface area contributed by atoms with Crippen LogP contribution in [0.5, 0.6) is 0 Å². The lowest BCUT2D eigenvalue weighted by atomic mass is 10.1. The van der Waals surface area contributed by atoms with Gasteiger partial charge in [-0.25, -0.2) is 4.39 Å². The summed E-state index contributed by atoms with van der Waals surface area (Å²) in [5.41, 5.74) is 2.06. The molecule has 1 amide bonds. The standard InChI is InChI=1S/C19H25FN4O2/c1-23(2)13-14-12-17(15-6-3-4-7-16(15)20)22-24(14)10-9-21-19(25)18-8-5-11-26-18/h3-4,6-7,12,18H,5,8-11,13H2,1-2H3,(H,21,25)/t18-/m1/s1. The molecule has 1 aromatic carbocycles. The van der Waals surface area contributed by atoms with Crippen molar-refractivity contribution in [3.8, 4) is 11.3 Å². The number of aromatic nitrogens is 2. The quantitative estimate of drug-likeness (QED) is 0.821. The number of halogens is 1. The van der Waals surface area contributed by atoms with Gasteiger partial charge in [0.2, 0.25) is 5.91 Å². The van der Waals surface area contributed by atoms with E-state index in [0.717, 1.165) is 18.5 Å². The second kappa shape index (κ2) is 8.42. The molecular weight excluding hydrogens is 335 g/mol. The van der Waals surface area contributed by atoms with Gasteiger partial charge in [-0.15, -0.1) is 0 Å². The van der Waals surface area contributed by atoms with E-state index in [1.807, 2.05) is 29.7 Å². The summed E-state index contributed by atoms with van der Waals surface area (Å²) in [6, 6.07) is 8.52. The third-order valence-electron chi connectivity index (χ3n) is 4.34. The molecule has 0 bridgehead atoms. The Kier molecular flexibility index (Phi) is 6.00. The third-order valence-corrected chi connectivity index (χ3v) is 4.34. The van der Waals surface area contributed by atoms with Crippen LogP contribution in [0.4, 0.5) is 4.39 Å². The van der Waals surface area contributed by atoms with E-state index in [1.54, 1.807) is 18.2 Å². The Hall–Kier alpha value is -2.25. The van der Waals surface area contributed by atoms with E-state index >= 15 is 0 Å². The third kappa shape index (κ3) is 4.47. The molecule has 0 saturated carbocycles. The minimum absolute atomic E-state index is 0.0712. The molecule has 140 valence electrons. The number of ether oxygens (including phenoxy) is 1. The Morgan fingerprint density at radius 3 is 2.92 bits per heavy atom. The van der Waals surface area contributed by atoms with Crippen LogP contribution in [0.3, 0.4) is 0 Å². The highest BCUT2D eigenvalue weighted by atomic mass is 19.1. The Labute approximate surface area is 152 Å². The molecule has 1 aromatic heterocycles. The zero-order chi connectivity index (χ0) is 18.5. The maximum atomic E-state index is 14.1. The molecule has 1 aliphatic rings. The lowest BCUT2D eigenvalue weighted by Crippen LogP contribution is -2.36. The van der Waals surface area contributed by atoms with Crippen molar-refractivity contribution in [3.63, 3.8) is 0 Å². The van der Waals surface area contributed by atoms with E-state index in [1.165, 1.54) is 6.07 Å². The molecule has 0 unspecified atom stereocenters. The second-order valence-electron chi connectivity index (χ2n) is 6.75. The Bertz CT molecular complexity index is 754. The number of hydrogen-bond donors (Lipinski definition) is 1. The summed E-state index contributed by atoms with van der Waals surface area (Å²) in [7, 11) is 3.94. The van der Waals surface area contributed by atoms with E-state index in [2.05, 4.69) is 10.4 Å². The van der Waals surface area contributed by atoms with Crippen molar-refractivity contribution >= 4 is 5.91 Å². The van der Waals surface area contributed by atoms with Gasteiger partial charge in [0, 0.05) is 25.3 Å². The largest absolute Gasteiger partial charge is 0.368 e. The predicted molar refractivity (Wildman–Crippen MR) is 97.0 cm³/mol. The molecule has 0 radical (unpaired) electrons. The highest BCUT2D eigenvalue weighted by Gasteiger charge is 2.23. The number of carbonyl (C=O) groups is 1. The average molecular weight is 360 g/mol. The van der Waals surface area contributed by atoms with Crippen LogP contribution in [-0.4, -0.2) is 53.9 Å². The predicted octanol–water partition coefficient (Wildman–Crippen LogP) is 2.05. The number of benzene rings is 1. The molecule has 1 N–H and O–H groups in total. The molecule has 2 aromatic rings. The first-order valence-corrected chi connectivity index (χ1v) is 8.90. The molecule has 3 rings (SSSR count). The van der Waals surface area contributed by atoms with Crippen LogP contribution in [0.15, 0.2) is 30.3 Å². The van der Waals surface area contributed by atoms with E-state index in [0.29, 0.717) is 37.5 Å². The highest BCUT2D eigenvalue weighted by molar-refractivity contribution is 5.80. The first-order valence-electron chi connectivity index (χ1n) is 8.90. The van der Waals surface area contributed by atoms with E-state index in [4.69, 9.17) is 4.74 Å². The number of rotatable bonds is 7. The molecular formula is C19H25FN4O2. The summed E-state index contributed by atoms with van der Waals surface area (Å²) in [6.07, 6.45) is 1.37. The zero-order valence-corrected chi connectivity index (χ0v) is 15.2. The van der Waals surface area contributed by atoms with Gasteiger partial charge in [-0.1, -0.05) is 12.1 Å². The minimum Gasteiger partial charge on any atom is -0.368 e. The maximum Gasteiger partial charge on any atom is 0.249 e. The number of nitrogens with zero attached hydrogens (tertiary/aromatic N) is 3. The highest BCUT2D eigenvalue weighted by Crippen LogP contribution is 2.22. The van der Waals surface area contributed by atoms with Gasteiger partial charge in [0.1, 0.15) is 11.9 Å². The molecule has 0 spiro atoms. The topological polar surface area (TPSA) is 59.4 Å². The molecule has 1 aliphatic heterocycles. The van der Waals surface area contributed by atoms with Crippen LogP contribution < -0.4 is 5.32 Å². The van der Waals surface area contributed by atoms with Crippen LogP contribution in [0, 0.1) is 5.82 Å². The number of amides is 1. The van der Waals surface area contributed by atoms with Crippen molar-refractivity contribution in [1.82, 2.24) is 20.0 Å². The van der Waals surface area contributed by atoms with Crippen LogP contribution >= 0.6 is 0 Å². The van der Waals surface area contributed by atoms with Gasteiger partial charge in [0.15, 0.2) is 0 Å². The van der Waals surface area contributed by atoms with Crippen molar-refractivity contribution in [2.45, 2.75) is 32.0 Å². The summed E-state index contributed by atoms with van der Waals surface area (Å²) in [4.78, 5) is 14.1. The molecule has 1 saturated heterocycles. The van der Waals surface area contributed by atoms with Crippen LogP contribution in [-0.2, 0) is 22.6 Å². The average Bonchev–Trinajstić information content (AvgIpc) is 3.25. The number of nitrogens with one attached hydrogen (secondary N) is 1. The van der Waals surface area contributed by atoms with Crippen LogP contribution in [0.25, 0.3) is 11.3 Å². The second-order valence-corrected chi connectivity index (χ2v) is 6.75. The summed E-state index contributed by atoms with van der Waals surface area (Å²) in [5, 5.41) is 7.46. The van der Waals surface area contributed by atoms with Crippen LogP contribution in [0.2, 0.25) is 0 Å². The molecule has 6 nitrogen and oxygen atoms in total. The van der Waals surface area contributed by atoms with Gasteiger partial charge in [-0.05, 0) is 45.1 Å². The van der Waals surface area contributed by atoms with E-state index in [-0.39, 0.29) is 17.8 Å². The summed E-state index contributed by atoms with van der Waals surface area (Å²) in [5.74, 6) is -0.363. The molecule has 7 heteroatoms. The molecule has 2 heterocycles. The molecule has 1 atom stereocenters. The Balaban J connectivity index is 1.70. The lowest BCUT2D eigenvalue weighted by Gasteiger charge is -2.13. The van der Waals surface area contributed by atoms with E-state index in [9.17, 15) is 9.18 Å². The normalized spacial score (nSPS) is 17.0. The zero-order valence-electron chi connectivity index (χ0n) is 15.2. The van der Waals surface area contributed by atoms with Crippen molar-refractivity contribution < 1.29 is 13.9 Å². The first kappa shape index (κ1) is 18.5. The van der Waals surface area contributed by atoms with Gasteiger partial charge in [-0.2, -0.15) is 5.10 Å². The lowest BCUT2D eigenvalue weighted by molar-refractivity contribution is -0.130. The maximum absolute atomic E-state index is 14.1. The van der Waals surface area contributed by atoms with Gasteiger partial charge in [-0.3, -0.25) is 9.48 Å². The van der Waals surface area contributed by atoms with Gasteiger partial charge < -0.3 is 15.0 Å².